The van der Waals surface area contributed by atoms with Gasteiger partial charge in [0, 0.05) is 16.6 Å². The second-order valence-corrected chi connectivity index (χ2v) is 8.18. The van der Waals surface area contributed by atoms with Crippen LogP contribution in [0.5, 0.6) is 5.75 Å². The van der Waals surface area contributed by atoms with Crippen molar-refractivity contribution < 1.29 is 9.53 Å². The molecule has 0 spiro atoms. The summed E-state index contributed by atoms with van der Waals surface area (Å²) in [6.07, 6.45) is 0. The molecule has 0 bridgehead atoms. The van der Waals surface area contributed by atoms with Crippen LogP contribution in [0, 0.1) is 6.92 Å². The first-order valence-electron chi connectivity index (χ1n) is 11.0. The van der Waals surface area contributed by atoms with Gasteiger partial charge in [-0.25, -0.2) is 4.98 Å². The maximum Gasteiger partial charge on any atom is 0.256 e. The summed E-state index contributed by atoms with van der Waals surface area (Å²) >= 11 is 0. The molecule has 162 valence electrons. The lowest BCUT2D eigenvalue weighted by Crippen LogP contribution is -2.15. The van der Waals surface area contributed by atoms with Gasteiger partial charge in [-0.1, -0.05) is 50.2 Å². The van der Waals surface area contributed by atoms with Gasteiger partial charge in [0.15, 0.2) is 0 Å². The summed E-state index contributed by atoms with van der Waals surface area (Å²) < 4.78 is 5.55. The van der Waals surface area contributed by atoms with Crippen LogP contribution >= 0.6 is 0 Å². The lowest BCUT2D eigenvalue weighted by Gasteiger charge is -2.17. The molecule has 0 aliphatic rings. The molecular weight excluding hydrogens is 396 g/mol. The third-order valence-electron chi connectivity index (χ3n) is 5.59. The largest absolute Gasteiger partial charge is 0.494 e. The SMILES string of the molecule is CCOc1ccc(-c2cc(C(=O)Nc3c(C)cccc3C(C)C)c3ccccc3n2)cc1. The molecule has 3 aromatic carbocycles. The lowest BCUT2D eigenvalue weighted by molar-refractivity contribution is 0.102. The normalized spacial score (nSPS) is 11.0. The second-order valence-electron chi connectivity index (χ2n) is 8.18. The van der Waals surface area contributed by atoms with E-state index < -0.39 is 0 Å². The van der Waals surface area contributed by atoms with Gasteiger partial charge in [-0.15, -0.1) is 0 Å². The molecule has 4 rings (SSSR count). The Bertz CT molecular complexity index is 1260. The van der Waals surface area contributed by atoms with Crippen LogP contribution in [0.4, 0.5) is 5.69 Å². The van der Waals surface area contributed by atoms with E-state index in [1.165, 1.54) is 0 Å². The number of amides is 1. The third kappa shape index (κ3) is 4.35. The minimum atomic E-state index is -0.132. The molecule has 4 heteroatoms. The van der Waals surface area contributed by atoms with Crippen molar-refractivity contribution in [1.82, 2.24) is 4.98 Å². The molecule has 1 N–H and O–H groups in total. The van der Waals surface area contributed by atoms with Gasteiger partial charge in [-0.2, -0.15) is 0 Å². The van der Waals surface area contributed by atoms with E-state index in [1.54, 1.807) is 0 Å². The molecule has 0 atom stereocenters. The second kappa shape index (κ2) is 9.23. The van der Waals surface area contributed by atoms with Crippen LogP contribution in [0.2, 0.25) is 0 Å². The van der Waals surface area contributed by atoms with E-state index in [2.05, 4.69) is 25.2 Å². The van der Waals surface area contributed by atoms with Gasteiger partial charge in [0.25, 0.3) is 5.91 Å². The highest BCUT2D eigenvalue weighted by atomic mass is 16.5. The zero-order valence-electron chi connectivity index (χ0n) is 19.0. The molecule has 1 heterocycles. The molecular formula is C28H28N2O2. The zero-order chi connectivity index (χ0) is 22.7. The predicted molar refractivity (Wildman–Crippen MR) is 132 cm³/mol. The molecule has 0 radical (unpaired) electrons. The van der Waals surface area contributed by atoms with Gasteiger partial charge in [0.1, 0.15) is 5.75 Å². The molecule has 1 aromatic heterocycles. The summed E-state index contributed by atoms with van der Waals surface area (Å²) in [7, 11) is 0. The molecule has 4 aromatic rings. The van der Waals surface area contributed by atoms with E-state index in [0.29, 0.717) is 18.1 Å². The minimum absolute atomic E-state index is 0.132. The minimum Gasteiger partial charge on any atom is -0.494 e. The van der Waals surface area contributed by atoms with E-state index in [4.69, 9.17) is 9.72 Å². The van der Waals surface area contributed by atoms with Gasteiger partial charge in [-0.05, 0) is 67.3 Å². The standard InChI is InChI=1S/C28H28N2O2/c1-5-32-21-15-13-20(14-16-21)26-17-24(23-10-6-7-12-25(23)29-26)28(31)30-27-19(4)9-8-11-22(27)18(2)3/h6-18H,5H2,1-4H3,(H,30,31). The maximum absolute atomic E-state index is 13.5. The number of rotatable bonds is 6. The predicted octanol–water partition coefficient (Wildman–Crippen LogP) is 6.98. The monoisotopic (exact) mass is 424 g/mol. The number of carbonyl (C=O) groups is 1. The fourth-order valence-corrected chi connectivity index (χ4v) is 3.92. The highest BCUT2D eigenvalue weighted by Crippen LogP contribution is 2.30. The first kappa shape index (κ1) is 21.6. The van der Waals surface area contributed by atoms with Crippen molar-refractivity contribution in [3.05, 3.63) is 89.5 Å². The van der Waals surface area contributed by atoms with Gasteiger partial charge in [-0.3, -0.25) is 4.79 Å². The average molecular weight is 425 g/mol. The number of pyridine rings is 1. The number of carbonyl (C=O) groups excluding carboxylic acids is 1. The van der Waals surface area contributed by atoms with E-state index >= 15 is 0 Å². The van der Waals surface area contributed by atoms with Gasteiger partial charge >= 0.3 is 0 Å². The van der Waals surface area contributed by atoms with Crippen molar-refractivity contribution in [3.63, 3.8) is 0 Å². The Balaban J connectivity index is 1.78. The van der Waals surface area contributed by atoms with Crippen LogP contribution in [-0.4, -0.2) is 17.5 Å². The number of hydrogen-bond acceptors (Lipinski definition) is 3. The number of para-hydroxylation sites is 2. The van der Waals surface area contributed by atoms with Crippen molar-refractivity contribution in [3.8, 4) is 17.0 Å². The lowest BCUT2D eigenvalue weighted by atomic mass is 9.97. The smallest absolute Gasteiger partial charge is 0.256 e. The van der Waals surface area contributed by atoms with Gasteiger partial charge in [0.05, 0.1) is 23.4 Å². The van der Waals surface area contributed by atoms with Crippen molar-refractivity contribution >= 4 is 22.5 Å². The van der Waals surface area contributed by atoms with Crippen LogP contribution in [0.3, 0.4) is 0 Å². The Labute approximate surface area is 189 Å². The fourth-order valence-electron chi connectivity index (χ4n) is 3.92. The Morgan fingerprint density at radius 1 is 1.00 bits per heavy atom. The summed E-state index contributed by atoms with van der Waals surface area (Å²) in [5.74, 6) is 0.988. The van der Waals surface area contributed by atoms with Crippen molar-refractivity contribution in [1.29, 1.82) is 0 Å². The topological polar surface area (TPSA) is 51.2 Å². The Morgan fingerprint density at radius 2 is 1.75 bits per heavy atom. The maximum atomic E-state index is 13.5. The number of anilines is 1. The van der Waals surface area contributed by atoms with Crippen LogP contribution in [0.1, 0.15) is 48.2 Å². The third-order valence-corrected chi connectivity index (χ3v) is 5.59. The summed E-state index contributed by atoms with van der Waals surface area (Å²) in [6.45, 7) is 8.88. The molecule has 1 amide bonds. The molecule has 4 nitrogen and oxygen atoms in total. The van der Waals surface area contributed by atoms with Gasteiger partial charge < -0.3 is 10.1 Å². The van der Waals surface area contributed by atoms with E-state index in [9.17, 15) is 4.79 Å². The number of ether oxygens (including phenoxy) is 1. The molecule has 0 unspecified atom stereocenters. The summed E-state index contributed by atoms with van der Waals surface area (Å²) in [5.41, 5.74) is 6.15. The van der Waals surface area contributed by atoms with Crippen molar-refractivity contribution in [2.24, 2.45) is 0 Å². The van der Waals surface area contributed by atoms with Crippen LogP contribution in [0.15, 0.2) is 72.8 Å². The number of nitrogens with one attached hydrogen (secondary N) is 1. The molecule has 32 heavy (non-hydrogen) atoms. The van der Waals surface area contributed by atoms with Crippen molar-refractivity contribution in [2.75, 3.05) is 11.9 Å². The van der Waals surface area contributed by atoms with Crippen molar-refractivity contribution in [2.45, 2.75) is 33.6 Å². The molecule has 0 saturated heterocycles. The van der Waals surface area contributed by atoms with Gasteiger partial charge in [0.2, 0.25) is 0 Å². The Kier molecular flexibility index (Phi) is 6.22. The number of nitrogens with zero attached hydrogens (tertiary/aromatic N) is 1. The number of fused-ring (bicyclic) bond motifs is 1. The number of aromatic nitrogens is 1. The fraction of sp³-hybridized carbons (Fsp3) is 0.214. The first-order valence-corrected chi connectivity index (χ1v) is 11.0. The first-order chi connectivity index (χ1) is 15.5. The zero-order valence-corrected chi connectivity index (χ0v) is 19.0. The van der Waals surface area contributed by atoms with Crippen LogP contribution < -0.4 is 10.1 Å². The quantitative estimate of drug-likeness (QED) is 0.363. The highest BCUT2D eigenvalue weighted by molar-refractivity contribution is 6.13. The molecule has 0 saturated carbocycles. The summed E-state index contributed by atoms with van der Waals surface area (Å²) in [6, 6.07) is 23.6. The number of benzene rings is 3. The van der Waals surface area contributed by atoms with E-state index in [1.807, 2.05) is 80.6 Å². The number of hydrogen-bond donors (Lipinski definition) is 1. The van der Waals surface area contributed by atoms with E-state index in [-0.39, 0.29) is 5.91 Å². The number of aryl methyl sites for hydroxylation is 1. The Hall–Kier alpha value is -3.66. The summed E-state index contributed by atoms with van der Waals surface area (Å²) in [4.78, 5) is 18.3. The Morgan fingerprint density at radius 3 is 2.47 bits per heavy atom. The van der Waals surface area contributed by atoms with Crippen LogP contribution in [-0.2, 0) is 0 Å². The molecule has 0 aliphatic carbocycles. The molecule has 0 aliphatic heterocycles. The van der Waals surface area contributed by atoms with E-state index in [0.717, 1.165) is 44.7 Å². The van der Waals surface area contributed by atoms with Crippen LogP contribution in [0.25, 0.3) is 22.2 Å². The summed E-state index contributed by atoms with van der Waals surface area (Å²) in [5, 5.41) is 4.02. The highest BCUT2D eigenvalue weighted by Gasteiger charge is 2.17. The average Bonchev–Trinajstić information content (AvgIpc) is 2.80. The molecule has 0 fully saturated rings.